The minimum atomic E-state index is -1.24. The maximum atomic E-state index is 12.4. The van der Waals surface area contributed by atoms with Crippen LogP contribution in [-0.2, 0) is 13.6 Å². The molecule has 0 atom stereocenters. The van der Waals surface area contributed by atoms with E-state index in [2.05, 4.69) is 31.4 Å². The average Bonchev–Trinajstić information content (AvgIpc) is 3.14. The molecule has 2 N–H and O–H groups in total. The predicted octanol–water partition coefficient (Wildman–Crippen LogP) is 3.68. The molecule has 11 heteroatoms. The van der Waals surface area contributed by atoms with Gasteiger partial charge in [-0.05, 0) is 33.6 Å². The maximum absolute atomic E-state index is 12.4. The molecule has 2 heterocycles. The van der Waals surface area contributed by atoms with Gasteiger partial charge in [0, 0.05) is 19.4 Å². The Morgan fingerprint density at radius 1 is 1.22 bits per heavy atom. The number of nitrogens with zero attached hydrogens (tertiary/aromatic N) is 4. The van der Waals surface area contributed by atoms with E-state index in [0.29, 0.717) is 21.1 Å². The van der Waals surface area contributed by atoms with Crippen molar-refractivity contribution in [2.75, 3.05) is 5.32 Å². The highest BCUT2D eigenvalue weighted by Crippen LogP contribution is 2.25. The summed E-state index contributed by atoms with van der Waals surface area (Å²) in [5.74, 6) is -1.67. The molecule has 0 fully saturated rings. The molecule has 2 aromatic heterocycles. The lowest BCUT2D eigenvalue weighted by Crippen LogP contribution is -2.17. The average molecular weight is 473 g/mol. The molecule has 0 bridgehead atoms. The zero-order valence-electron chi connectivity index (χ0n) is 13.8. The summed E-state index contributed by atoms with van der Waals surface area (Å²) in [6.45, 7) is 0.398. The molecule has 0 spiro atoms. The standard InChI is InChI=1S/C16H12BrCl2N5O3/c1-23-6-9(16(26)27)13(21-23)15(25)20-14-10(17)7-24(22-14)5-8-2-3-11(18)12(19)4-8/h2-4,6-7H,5H2,1H3,(H,26,27)(H,20,22,25). The van der Waals surface area contributed by atoms with Crippen molar-refractivity contribution < 1.29 is 14.7 Å². The van der Waals surface area contributed by atoms with Crippen LogP contribution in [0.15, 0.2) is 35.1 Å². The Morgan fingerprint density at radius 2 is 1.96 bits per heavy atom. The number of hydrogen-bond donors (Lipinski definition) is 2. The fraction of sp³-hybridized carbons (Fsp3) is 0.125. The fourth-order valence-electron chi connectivity index (χ4n) is 2.37. The van der Waals surface area contributed by atoms with Crippen molar-refractivity contribution in [3.8, 4) is 0 Å². The van der Waals surface area contributed by atoms with E-state index >= 15 is 0 Å². The van der Waals surface area contributed by atoms with Gasteiger partial charge in [0.15, 0.2) is 11.5 Å². The van der Waals surface area contributed by atoms with Gasteiger partial charge in [0.05, 0.1) is 21.1 Å². The van der Waals surface area contributed by atoms with Crippen LogP contribution in [0.4, 0.5) is 5.82 Å². The Kier molecular flexibility index (Phi) is 5.54. The van der Waals surface area contributed by atoms with Gasteiger partial charge in [0.1, 0.15) is 5.56 Å². The molecule has 0 unspecified atom stereocenters. The van der Waals surface area contributed by atoms with Crippen LogP contribution in [-0.4, -0.2) is 36.5 Å². The number of carbonyl (C=O) groups is 2. The first-order valence-electron chi connectivity index (χ1n) is 7.49. The van der Waals surface area contributed by atoms with E-state index < -0.39 is 11.9 Å². The number of aromatic nitrogens is 4. The van der Waals surface area contributed by atoms with Crippen molar-refractivity contribution in [1.82, 2.24) is 19.6 Å². The molecule has 0 aliphatic carbocycles. The first kappa shape index (κ1) is 19.4. The number of benzene rings is 1. The number of aromatic carboxylic acids is 1. The molecule has 0 aliphatic rings. The summed E-state index contributed by atoms with van der Waals surface area (Å²) in [5.41, 5.74) is 0.479. The van der Waals surface area contributed by atoms with E-state index in [1.165, 1.54) is 17.9 Å². The van der Waals surface area contributed by atoms with Gasteiger partial charge in [0.2, 0.25) is 0 Å². The Morgan fingerprint density at radius 3 is 2.63 bits per heavy atom. The van der Waals surface area contributed by atoms with E-state index in [1.54, 1.807) is 23.0 Å². The molecule has 8 nitrogen and oxygen atoms in total. The third kappa shape index (κ3) is 4.32. The number of nitrogens with one attached hydrogen (secondary N) is 1. The highest BCUT2D eigenvalue weighted by Gasteiger charge is 2.22. The van der Waals surface area contributed by atoms with E-state index in [-0.39, 0.29) is 17.1 Å². The lowest BCUT2D eigenvalue weighted by molar-refractivity contribution is 0.0692. The Bertz CT molecular complexity index is 1050. The Hall–Kier alpha value is -2.36. The third-order valence-corrected chi connectivity index (χ3v) is 4.87. The molecule has 0 radical (unpaired) electrons. The zero-order chi connectivity index (χ0) is 19.7. The van der Waals surface area contributed by atoms with Gasteiger partial charge in [-0.1, -0.05) is 29.3 Å². The van der Waals surface area contributed by atoms with Crippen molar-refractivity contribution in [2.45, 2.75) is 6.54 Å². The summed E-state index contributed by atoms with van der Waals surface area (Å²) in [5, 5.41) is 20.8. The Balaban J connectivity index is 1.79. The number of carboxylic acid groups (broad SMARTS) is 1. The molecule has 1 amide bonds. The second-order valence-electron chi connectivity index (χ2n) is 5.60. The summed E-state index contributed by atoms with van der Waals surface area (Å²) in [4.78, 5) is 23.6. The van der Waals surface area contributed by atoms with Crippen LogP contribution in [0.5, 0.6) is 0 Å². The number of carboxylic acids is 1. The van der Waals surface area contributed by atoms with E-state index in [0.717, 1.165) is 5.56 Å². The van der Waals surface area contributed by atoms with Gasteiger partial charge >= 0.3 is 5.97 Å². The maximum Gasteiger partial charge on any atom is 0.339 e. The van der Waals surface area contributed by atoms with Gasteiger partial charge in [-0.3, -0.25) is 14.2 Å². The largest absolute Gasteiger partial charge is 0.478 e. The fourth-order valence-corrected chi connectivity index (χ4v) is 3.10. The lowest BCUT2D eigenvalue weighted by atomic mass is 10.2. The van der Waals surface area contributed by atoms with Crippen LogP contribution in [0.1, 0.15) is 26.4 Å². The summed E-state index contributed by atoms with van der Waals surface area (Å²) in [7, 11) is 1.53. The second kappa shape index (κ2) is 7.71. The molecule has 140 valence electrons. The molecule has 0 saturated heterocycles. The van der Waals surface area contributed by atoms with Gasteiger partial charge in [0.25, 0.3) is 5.91 Å². The third-order valence-electron chi connectivity index (χ3n) is 3.55. The van der Waals surface area contributed by atoms with Crippen molar-refractivity contribution in [1.29, 1.82) is 0 Å². The van der Waals surface area contributed by atoms with E-state index in [1.807, 2.05) is 6.07 Å². The van der Waals surface area contributed by atoms with Crippen LogP contribution < -0.4 is 5.32 Å². The minimum Gasteiger partial charge on any atom is -0.478 e. The molecular weight excluding hydrogens is 461 g/mol. The molecule has 3 rings (SSSR count). The van der Waals surface area contributed by atoms with Gasteiger partial charge in [-0.15, -0.1) is 0 Å². The van der Waals surface area contributed by atoms with E-state index in [9.17, 15) is 14.7 Å². The minimum absolute atomic E-state index is 0.193. The monoisotopic (exact) mass is 471 g/mol. The highest BCUT2D eigenvalue weighted by atomic mass is 79.9. The van der Waals surface area contributed by atoms with Crippen LogP contribution in [0.2, 0.25) is 10.0 Å². The van der Waals surface area contributed by atoms with Crippen molar-refractivity contribution in [2.24, 2.45) is 7.05 Å². The topological polar surface area (TPSA) is 102 Å². The van der Waals surface area contributed by atoms with Crippen LogP contribution in [0, 0.1) is 0 Å². The first-order valence-corrected chi connectivity index (χ1v) is 9.04. The van der Waals surface area contributed by atoms with Gasteiger partial charge in [-0.2, -0.15) is 10.2 Å². The van der Waals surface area contributed by atoms with Crippen LogP contribution in [0.25, 0.3) is 0 Å². The highest BCUT2D eigenvalue weighted by molar-refractivity contribution is 9.10. The van der Waals surface area contributed by atoms with Gasteiger partial charge < -0.3 is 10.4 Å². The SMILES string of the molecule is Cn1cc(C(=O)O)c(C(=O)Nc2nn(Cc3ccc(Cl)c(Cl)c3)cc2Br)n1. The number of rotatable bonds is 5. The molecular formula is C16H12BrCl2N5O3. The van der Waals surface area contributed by atoms with E-state index in [4.69, 9.17) is 23.2 Å². The van der Waals surface area contributed by atoms with Crippen LogP contribution in [0.3, 0.4) is 0 Å². The lowest BCUT2D eigenvalue weighted by Gasteiger charge is -2.04. The first-order chi connectivity index (χ1) is 12.7. The summed E-state index contributed by atoms with van der Waals surface area (Å²) >= 11 is 15.2. The van der Waals surface area contributed by atoms with Gasteiger partial charge in [-0.25, -0.2) is 4.79 Å². The number of carbonyl (C=O) groups excluding carboxylic acids is 1. The summed E-state index contributed by atoms with van der Waals surface area (Å²) < 4.78 is 3.38. The molecule has 27 heavy (non-hydrogen) atoms. The molecule has 1 aromatic carbocycles. The molecule has 0 aliphatic heterocycles. The predicted molar refractivity (Wildman–Crippen MR) is 104 cm³/mol. The molecule has 0 saturated carbocycles. The summed E-state index contributed by atoms with van der Waals surface area (Å²) in [6.07, 6.45) is 2.93. The number of aryl methyl sites for hydroxylation is 1. The van der Waals surface area contributed by atoms with Crippen molar-refractivity contribution in [3.05, 3.63) is 61.9 Å². The zero-order valence-corrected chi connectivity index (χ0v) is 16.9. The van der Waals surface area contributed by atoms with Crippen molar-refractivity contribution in [3.63, 3.8) is 0 Å². The molecule has 3 aromatic rings. The number of amides is 1. The quantitative estimate of drug-likeness (QED) is 0.589. The summed E-state index contributed by atoms with van der Waals surface area (Å²) in [6, 6.07) is 5.23. The Labute approximate surface area is 171 Å². The van der Waals surface area contributed by atoms with Crippen LogP contribution >= 0.6 is 39.1 Å². The smallest absolute Gasteiger partial charge is 0.339 e. The number of halogens is 3. The second-order valence-corrected chi connectivity index (χ2v) is 7.26. The van der Waals surface area contributed by atoms with Crippen molar-refractivity contribution >= 4 is 56.8 Å². The number of hydrogen-bond acceptors (Lipinski definition) is 4. The number of anilines is 1. The normalized spacial score (nSPS) is 10.8.